The highest BCUT2D eigenvalue weighted by atomic mass is 32.2. The molecular formula is C19H14F2N6O2S2. The van der Waals surface area contributed by atoms with Crippen molar-refractivity contribution in [2.45, 2.75) is 4.90 Å². The maximum Gasteiger partial charge on any atom is 0.217 e. The van der Waals surface area contributed by atoms with Crippen LogP contribution in [0.4, 0.5) is 14.5 Å². The first-order valence-electron chi connectivity index (χ1n) is 8.66. The molecule has 8 nitrogen and oxygen atoms in total. The van der Waals surface area contributed by atoms with Gasteiger partial charge in [0.1, 0.15) is 11.5 Å². The van der Waals surface area contributed by atoms with Crippen LogP contribution in [-0.2, 0) is 11.2 Å². The Balaban J connectivity index is 1.79. The van der Waals surface area contributed by atoms with E-state index in [1.807, 2.05) is 24.3 Å². The molecule has 0 spiro atoms. The number of carbonyl (C=O) groups excluding carboxylic acids is 1. The lowest BCUT2D eigenvalue weighted by Gasteiger charge is -2.09. The Morgan fingerprint density at radius 1 is 1.13 bits per heavy atom. The van der Waals surface area contributed by atoms with Crippen molar-refractivity contribution in [3.05, 3.63) is 71.6 Å². The molecule has 0 radical (unpaired) electrons. The van der Waals surface area contributed by atoms with Gasteiger partial charge in [0.15, 0.2) is 22.6 Å². The summed E-state index contributed by atoms with van der Waals surface area (Å²) in [7, 11) is 0. The maximum absolute atomic E-state index is 14.8. The van der Waals surface area contributed by atoms with Crippen molar-refractivity contribution in [2.24, 2.45) is 10.3 Å². The molecule has 158 valence electrons. The summed E-state index contributed by atoms with van der Waals surface area (Å²) in [6, 6.07) is 10.9. The van der Waals surface area contributed by atoms with Gasteiger partial charge < -0.3 is 0 Å². The fourth-order valence-corrected chi connectivity index (χ4v) is 3.70. The fraction of sp³-hybridized carbons (Fsp3) is 0. The van der Waals surface area contributed by atoms with Crippen molar-refractivity contribution in [1.29, 1.82) is 0 Å². The lowest BCUT2D eigenvalue weighted by atomic mass is 10.0. The number of fused-ring (bicyclic) bond motifs is 1. The number of aromatic nitrogens is 3. The maximum atomic E-state index is 14.8. The minimum Gasteiger partial charge on any atom is -0.290 e. The molecule has 2 aromatic carbocycles. The van der Waals surface area contributed by atoms with Crippen molar-refractivity contribution in [3.8, 4) is 11.1 Å². The van der Waals surface area contributed by atoms with Crippen molar-refractivity contribution >= 4 is 45.6 Å². The Morgan fingerprint density at radius 2 is 1.87 bits per heavy atom. The van der Waals surface area contributed by atoms with Crippen LogP contribution >= 0.6 is 11.9 Å². The van der Waals surface area contributed by atoms with E-state index in [4.69, 9.17) is 10.3 Å². The SMILES string of the molecule is NSc1ccc(-c2cnc3n[nH]c(C(=O)c4c(F)ccc(NS(N)=O)c4F)c3c2)cc1. The topological polar surface area (TPSA) is 140 Å². The normalized spacial score (nSPS) is 12.1. The molecule has 4 aromatic rings. The first kappa shape index (κ1) is 21.1. The average molecular weight is 460 g/mol. The molecule has 12 heteroatoms. The number of halogens is 2. The minimum atomic E-state index is -2.10. The molecular weight excluding hydrogens is 446 g/mol. The first-order valence-corrected chi connectivity index (χ1v) is 10.7. The van der Waals surface area contributed by atoms with Crippen molar-refractivity contribution in [3.63, 3.8) is 0 Å². The number of nitrogens with one attached hydrogen (secondary N) is 2. The zero-order valence-corrected chi connectivity index (χ0v) is 17.2. The number of benzene rings is 2. The molecule has 31 heavy (non-hydrogen) atoms. The summed E-state index contributed by atoms with van der Waals surface area (Å²) in [5.41, 5.74) is 0.343. The van der Waals surface area contributed by atoms with Gasteiger partial charge in [0, 0.05) is 16.7 Å². The summed E-state index contributed by atoms with van der Waals surface area (Å²) < 4.78 is 42.4. The smallest absolute Gasteiger partial charge is 0.217 e. The number of ketones is 1. The number of hydrogen-bond acceptors (Lipinski definition) is 6. The van der Waals surface area contributed by atoms with Gasteiger partial charge in [0.05, 0.1) is 16.6 Å². The Morgan fingerprint density at radius 3 is 2.55 bits per heavy atom. The van der Waals surface area contributed by atoms with Gasteiger partial charge in [-0.15, -0.1) is 0 Å². The molecule has 1 atom stereocenters. The number of nitrogens with two attached hydrogens (primary N) is 2. The van der Waals surface area contributed by atoms with Crippen molar-refractivity contribution < 1.29 is 17.8 Å². The van der Waals surface area contributed by atoms with Crippen LogP contribution in [0.25, 0.3) is 22.2 Å². The molecule has 2 aromatic heterocycles. The second-order valence-electron chi connectivity index (χ2n) is 6.35. The van der Waals surface area contributed by atoms with Crippen LogP contribution in [0.15, 0.2) is 53.6 Å². The average Bonchev–Trinajstić information content (AvgIpc) is 3.19. The number of anilines is 1. The van der Waals surface area contributed by atoms with Crippen LogP contribution in [0.1, 0.15) is 16.1 Å². The van der Waals surface area contributed by atoms with Crippen LogP contribution < -0.4 is 15.0 Å². The van der Waals surface area contributed by atoms with Crippen LogP contribution in [0.3, 0.4) is 0 Å². The monoisotopic (exact) mass is 460 g/mol. The highest BCUT2D eigenvalue weighted by Gasteiger charge is 2.25. The predicted octanol–water partition coefficient (Wildman–Crippen LogP) is 3.05. The van der Waals surface area contributed by atoms with E-state index < -0.39 is 34.2 Å². The number of nitrogens with zero attached hydrogens (tertiary/aromatic N) is 2. The van der Waals surface area contributed by atoms with Crippen LogP contribution in [0, 0.1) is 11.6 Å². The molecule has 0 fully saturated rings. The summed E-state index contributed by atoms with van der Waals surface area (Å²) >= 11 is -0.994. The molecule has 4 rings (SSSR count). The van der Waals surface area contributed by atoms with Gasteiger partial charge in [-0.2, -0.15) is 5.10 Å². The standard InChI is InChI=1S/C19H14F2N6O2S2/c20-13-5-6-14(27-31(23)29)16(21)15(13)18(28)17-12-7-10(8-24-19(12)26-25-17)9-1-3-11(30-22)4-2-9/h1-8,27H,22-23H2,(H,24,25,26). The third kappa shape index (κ3) is 4.05. The number of hydrogen-bond donors (Lipinski definition) is 4. The second-order valence-corrected chi connectivity index (χ2v) is 7.85. The number of rotatable bonds is 6. The molecule has 0 saturated heterocycles. The third-order valence-corrected chi connectivity index (χ3v) is 5.45. The van der Waals surface area contributed by atoms with E-state index in [0.29, 0.717) is 10.9 Å². The van der Waals surface area contributed by atoms with E-state index in [-0.39, 0.29) is 17.0 Å². The van der Waals surface area contributed by atoms with Gasteiger partial charge in [-0.25, -0.2) is 23.1 Å². The third-order valence-electron chi connectivity index (χ3n) is 4.49. The van der Waals surface area contributed by atoms with Crippen LogP contribution in [0.5, 0.6) is 0 Å². The summed E-state index contributed by atoms with van der Waals surface area (Å²) in [4.78, 5) is 18.1. The van der Waals surface area contributed by atoms with E-state index in [9.17, 15) is 17.8 Å². The van der Waals surface area contributed by atoms with Crippen molar-refractivity contribution in [2.75, 3.05) is 4.72 Å². The van der Waals surface area contributed by atoms with Gasteiger partial charge in [0.25, 0.3) is 0 Å². The molecule has 0 bridgehead atoms. The summed E-state index contributed by atoms with van der Waals surface area (Å²) in [6.45, 7) is 0. The number of pyridine rings is 1. The van der Waals surface area contributed by atoms with Gasteiger partial charge in [-0.3, -0.25) is 19.8 Å². The van der Waals surface area contributed by atoms with Crippen LogP contribution in [0.2, 0.25) is 0 Å². The Labute approximate surface area is 181 Å². The number of aromatic amines is 1. The Kier molecular flexibility index (Phi) is 5.78. The predicted molar refractivity (Wildman–Crippen MR) is 115 cm³/mol. The number of H-pyrrole nitrogens is 1. The highest BCUT2D eigenvalue weighted by molar-refractivity contribution is 7.97. The summed E-state index contributed by atoms with van der Waals surface area (Å²) in [6.07, 6.45) is 1.57. The summed E-state index contributed by atoms with van der Waals surface area (Å²) in [5, 5.41) is 17.4. The van der Waals surface area contributed by atoms with Gasteiger partial charge in [-0.05, 0) is 47.8 Å². The molecule has 0 saturated carbocycles. The molecule has 6 N–H and O–H groups in total. The van der Waals surface area contributed by atoms with E-state index in [1.54, 1.807) is 12.3 Å². The Hall–Kier alpha value is -3.19. The quantitative estimate of drug-likeness (QED) is 0.258. The van der Waals surface area contributed by atoms with E-state index in [0.717, 1.165) is 34.5 Å². The molecule has 1 unspecified atom stereocenters. The molecule has 0 aliphatic carbocycles. The summed E-state index contributed by atoms with van der Waals surface area (Å²) in [5.74, 6) is -3.28. The first-order chi connectivity index (χ1) is 14.9. The minimum absolute atomic E-state index is 0.137. The van der Waals surface area contributed by atoms with Gasteiger partial charge in [-0.1, -0.05) is 12.1 Å². The number of carbonyl (C=O) groups is 1. The van der Waals surface area contributed by atoms with Crippen LogP contribution in [-0.4, -0.2) is 25.2 Å². The molecule has 0 amide bonds. The zero-order chi connectivity index (χ0) is 22.1. The fourth-order valence-electron chi connectivity index (χ4n) is 3.03. The molecule has 0 aliphatic heterocycles. The van der Waals surface area contributed by atoms with Crippen molar-refractivity contribution in [1.82, 2.24) is 15.2 Å². The largest absolute Gasteiger partial charge is 0.290 e. The van der Waals surface area contributed by atoms with Gasteiger partial charge in [0.2, 0.25) is 5.78 Å². The second kappa shape index (κ2) is 8.51. The van der Waals surface area contributed by atoms with Gasteiger partial charge >= 0.3 is 0 Å². The molecule has 2 heterocycles. The zero-order valence-electron chi connectivity index (χ0n) is 15.6. The highest BCUT2D eigenvalue weighted by Crippen LogP contribution is 2.29. The van der Waals surface area contributed by atoms with E-state index in [2.05, 4.69) is 19.9 Å². The lowest BCUT2D eigenvalue weighted by molar-refractivity contribution is 0.102. The lowest BCUT2D eigenvalue weighted by Crippen LogP contribution is -2.16. The Bertz CT molecular complexity index is 1330. The van der Waals surface area contributed by atoms with E-state index in [1.165, 1.54) is 0 Å². The van der Waals surface area contributed by atoms with E-state index >= 15 is 0 Å². The molecule has 0 aliphatic rings.